The van der Waals surface area contributed by atoms with Gasteiger partial charge < -0.3 is 10.6 Å². The van der Waals surface area contributed by atoms with Gasteiger partial charge in [0.1, 0.15) is 0 Å². The van der Waals surface area contributed by atoms with Crippen molar-refractivity contribution in [3.8, 4) is 0 Å². The molecule has 120 valence electrons. The Labute approximate surface area is 141 Å². The minimum absolute atomic E-state index is 0.105. The third-order valence-corrected chi connectivity index (χ3v) is 5.14. The molecule has 0 radical (unpaired) electrons. The number of aromatic nitrogens is 1. The largest absolute Gasteiger partial charge is 0.399 e. The molecule has 1 aliphatic heterocycles. The van der Waals surface area contributed by atoms with Gasteiger partial charge in [-0.15, -0.1) is 11.8 Å². The van der Waals surface area contributed by atoms with Crippen LogP contribution >= 0.6 is 11.8 Å². The maximum absolute atomic E-state index is 12.7. The maximum atomic E-state index is 12.7. The number of carbonyl (C=O) groups is 1. The fraction of sp³-hybridized carbons (Fsp3) is 0.333. The number of nitrogens with two attached hydrogens (primary N) is 1. The summed E-state index contributed by atoms with van der Waals surface area (Å²) in [6, 6.07) is 9.79. The van der Waals surface area contributed by atoms with E-state index in [9.17, 15) is 4.79 Å². The Morgan fingerprint density at radius 3 is 2.83 bits per heavy atom. The van der Waals surface area contributed by atoms with Crippen molar-refractivity contribution in [2.75, 3.05) is 18.8 Å². The fourth-order valence-corrected chi connectivity index (χ4v) is 3.73. The minimum Gasteiger partial charge on any atom is -0.399 e. The highest BCUT2D eigenvalue weighted by atomic mass is 32.2. The Hall–Kier alpha value is -2.01. The van der Waals surface area contributed by atoms with Crippen LogP contribution in [0.25, 0.3) is 0 Å². The Morgan fingerprint density at radius 1 is 1.22 bits per heavy atom. The molecule has 2 N–H and O–H groups in total. The Morgan fingerprint density at radius 2 is 2.04 bits per heavy atom. The summed E-state index contributed by atoms with van der Waals surface area (Å²) >= 11 is 1.66. The van der Waals surface area contributed by atoms with Crippen molar-refractivity contribution in [3.05, 3.63) is 53.9 Å². The molecule has 0 bridgehead atoms. The normalized spacial score (nSPS) is 14.7. The van der Waals surface area contributed by atoms with E-state index >= 15 is 0 Å². The van der Waals surface area contributed by atoms with Gasteiger partial charge in [0.15, 0.2) is 0 Å². The first-order chi connectivity index (χ1) is 11.2. The van der Waals surface area contributed by atoms with Gasteiger partial charge in [-0.1, -0.05) is 12.1 Å². The maximum Gasteiger partial charge on any atom is 0.256 e. The lowest BCUT2D eigenvalue weighted by molar-refractivity contribution is 0.0720. The summed E-state index contributed by atoms with van der Waals surface area (Å²) in [5.41, 5.74) is 8.46. The Balaban J connectivity index is 1.73. The Kier molecular flexibility index (Phi) is 5.18. The average Bonchev–Trinajstić information content (AvgIpc) is 2.60. The summed E-state index contributed by atoms with van der Waals surface area (Å²) in [5.74, 6) is 0.892. The van der Waals surface area contributed by atoms with Crippen LogP contribution in [0.3, 0.4) is 0 Å². The van der Waals surface area contributed by atoms with Gasteiger partial charge in [-0.3, -0.25) is 9.78 Å². The number of benzene rings is 1. The van der Waals surface area contributed by atoms with Crippen LogP contribution < -0.4 is 5.73 Å². The lowest BCUT2D eigenvalue weighted by Crippen LogP contribution is -2.35. The van der Waals surface area contributed by atoms with Crippen LogP contribution in [0.1, 0.15) is 35.2 Å². The van der Waals surface area contributed by atoms with Crippen molar-refractivity contribution >= 4 is 23.4 Å². The van der Waals surface area contributed by atoms with Crippen molar-refractivity contribution in [1.82, 2.24) is 9.88 Å². The van der Waals surface area contributed by atoms with E-state index in [2.05, 4.69) is 11.1 Å². The third-order valence-electron chi connectivity index (χ3n) is 4.00. The second-order valence-electron chi connectivity index (χ2n) is 5.76. The van der Waals surface area contributed by atoms with Crippen LogP contribution in [-0.4, -0.2) is 28.9 Å². The molecule has 0 unspecified atom stereocenters. The highest BCUT2D eigenvalue weighted by molar-refractivity contribution is 7.98. The number of likely N-dealkylation sites (tertiary alicyclic amines) is 1. The topological polar surface area (TPSA) is 59.2 Å². The van der Waals surface area contributed by atoms with Gasteiger partial charge in [-0.05, 0) is 43.0 Å². The SMILES string of the molecule is Nc1cccc(CSc2ccncc2C(=O)N2CCCCC2)c1. The number of hydrogen-bond donors (Lipinski definition) is 1. The fourth-order valence-electron chi connectivity index (χ4n) is 2.78. The molecule has 1 aromatic carbocycles. The predicted molar refractivity (Wildman–Crippen MR) is 94.4 cm³/mol. The molecule has 0 aliphatic carbocycles. The van der Waals surface area contributed by atoms with Crippen LogP contribution in [0.15, 0.2) is 47.6 Å². The lowest BCUT2D eigenvalue weighted by Gasteiger charge is -2.27. The molecule has 1 saturated heterocycles. The summed E-state index contributed by atoms with van der Waals surface area (Å²) in [5, 5.41) is 0. The van der Waals surface area contributed by atoms with Gasteiger partial charge >= 0.3 is 0 Å². The van der Waals surface area contributed by atoms with E-state index in [1.54, 1.807) is 24.2 Å². The van der Waals surface area contributed by atoms with Crippen molar-refractivity contribution < 1.29 is 4.79 Å². The zero-order chi connectivity index (χ0) is 16.1. The van der Waals surface area contributed by atoms with E-state index in [-0.39, 0.29) is 5.91 Å². The number of nitrogens with zero attached hydrogens (tertiary/aromatic N) is 2. The molecule has 23 heavy (non-hydrogen) atoms. The van der Waals surface area contributed by atoms with E-state index in [1.165, 1.54) is 6.42 Å². The quantitative estimate of drug-likeness (QED) is 0.689. The van der Waals surface area contributed by atoms with Crippen molar-refractivity contribution in [3.63, 3.8) is 0 Å². The van der Waals surface area contributed by atoms with Crippen LogP contribution in [0.5, 0.6) is 0 Å². The van der Waals surface area contributed by atoms with Gasteiger partial charge in [0.25, 0.3) is 5.91 Å². The van der Waals surface area contributed by atoms with Crippen LogP contribution in [0.2, 0.25) is 0 Å². The van der Waals surface area contributed by atoms with Crippen molar-refractivity contribution in [2.45, 2.75) is 29.9 Å². The summed E-state index contributed by atoms with van der Waals surface area (Å²) in [4.78, 5) is 19.8. The summed E-state index contributed by atoms with van der Waals surface area (Å²) in [7, 11) is 0. The molecule has 2 aromatic rings. The number of rotatable bonds is 4. The molecular weight excluding hydrogens is 306 g/mol. The number of nitrogen functional groups attached to an aromatic ring is 1. The van der Waals surface area contributed by atoms with Crippen molar-refractivity contribution in [1.29, 1.82) is 0 Å². The molecule has 1 amide bonds. The van der Waals surface area contributed by atoms with Gasteiger partial charge in [-0.25, -0.2) is 0 Å². The zero-order valence-electron chi connectivity index (χ0n) is 13.1. The van der Waals surface area contributed by atoms with Crippen LogP contribution in [-0.2, 0) is 5.75 Å². The summed E-state index contributed by atoms with van der Waals surface area (Å²) < 4.78 is 0. The highest BCUT2D eigenvalue weighted by Crippen LogP contribution is 2.27. The molecule has 3 rings (SSSR count). The first-order valence-electron chi connectivity index (χ1n) is 7.94. The lowest BCUT2D eigenvalue weighted by atomic mass is 10.1. The highest BCUT2D eigenvalue weighted by Gasteiger charge is 2.21. The van der Waals surface area contributed by atoms with Gasteiger partial charge in [0.2, 0.25) is 0 Å². The van der Waals surface area contributed by atoms with Gasteiger partial charge in [-0.2, -0.15) is 0 Å². The zero-order valence-corrected chi connectivity index (χ0v) is 13.9. The molecule has 2 heterocycles. The molecule has 0 spiro atoms. The first kappa shape index (κ1) is 15.9. The number of pyridine rings is 1. The van der Waals surface area contributed by atoms with Gasteiger partial charge in [0, 0.05) is 41.8 Å². The second-order valence-corrected chi connectivity index (χ2v) is 6.78. The van der Waals surface area contributed by atoms with Crippen LogP contribution in [0, 0.1) is 0 Å². The molecule has 4 nitrogen and oxygen atoms in total. The van der Waals surface area contributed by atoms with Gasteiger partial charge in [0.05, 0.1) is 5.56 Å². The molecule has 5 heteroatoms. The summed E-state index contributed by atoms with van der Waals surface area (Å²) in [6.07, 6.45) is 6.84. The monoisotopic (exact) mass is 327 g/mol. The van der Waals surface area contributed by atoms with Crippen LogP contribution in [0.4, 0.5) is 5.69 Å². The van der Waals surface area contributed by atoms with E-state index < -0.39 is 0 Å². The molecule has 1 aliphatic rings. The smallest absolute Gasteiger partial charge is 0.256 e. The van der Waals surface area contributed by atoms with Crippen molar-refractivity contribution in [2.24, 2.45) is 0 Å². The average molecular weight is 327 g/mol. The van der Waals surface area contributed by atoms with E-state index in [0.717, 1.165) is 47.8 Å². The second kappa shape index (κ2) is 7.51. The molecule has 1 aromatic heterocycles. The third kappa shape index (κ3) is 4.05. The minimum atomic E-state index is 0.105. The molecule has 0 atom stereocenters. The molecule has 1 fully saturated rings. The van der Waals surface area contributed by atoms with E-state index in [0.29, 0.717) is 5.56 Å². The summed E-state index contributed by atoms with van der Waals surface area (Å²) in [6.45, 7) is 1.71. The first-order valence-corrected chi connectivity index (χ1v) is 8.93. The number of hydrogen-bond acceptors (Lipinski definition) is 4. The predicted octanol–water partition coefficient (Wildman–Crippen LogP) is 3.58. The number of carbonyl (C=O) groups excluding carboxylic acids is 1. The number of piperidine rings is 1. The van der Waals surface area contributed by atoms with E-state index in [1.807, 2.05) is 29.2 Å². The standard InChI is InChI=1S/C18H21N3OS/c19-15-6-4-5-14(11-15)13-23-17-7-8-20-12-16(17)18(22)21-9-2-1-3-10-21/h4-8,11-12H,1-3,9-10,13,19H2. The molecule has 0 saturated carbocycles. The van der Waals surface area contributed by atoms with E-state index in [4.69, 9.17) is 5.73 Å². The Bertz CT molecular complexity index is 683. The number of amides is 1. The number of thioether (sulfide) groups is 1. The molecular formula is C18H21N3OS. The number of anilines is 1.